The zero-order valence-corrected chi connectivity index (χ0v) is 6.23. The molecule has 0 aromatic rings. The third-order valence-electron chi connectivity index (χ3n) is 2.03. The highest BCUT2D eigenvalue weighted by atomic mass is 16.4. The molecule has 0 saturated carbocycles. The minimum atomic E-state index is -1.92. The number of amides is 1. The molecule has 66 valence electrons. The Balaban J connectivity index is 3.10. The summed E-state index contributed by atoms with van der Waals surface area (Å²) in [4.78, 5) is 21.5. The number of carboxylic acid groups (broad SMARTS) is 1. The number of aliphatic carboxylic acids is 1. The highest BCUT2D eigenvalue weighted by Gasteiger charge is 2.51. The van der Waals surface area contributed by atoms with E-state index in [-0.39, 0.29) is 6.42 Å². The van der Waals surface area contributed by atoms with Crippen LogP contribution in [0.2, 0.25) is 0 Å². The second kappa shape index (κ2) is 2.60. The Hall–Kier alpha value is -1.36. The number of hydrogen-bond donors (Lipinski definition) is 3. The maximum absolute atomic E-state index is 10.8. The van der Waals surface area contributed by atoms with E-state index in [1.807, 2.05) is 0 Å². The van der Waals surface area contributed by atoms with Gasteiger partial charge in [0.25, 0.3) is 0 Å². The summed E-state index contributed by atoms with van der Waals surface area (Å²) in [7, 11) is 0. The summed E-state index contributed by atoms with van der Waals surface area (Å²) in [5, 5.41) is 17.9. The SMILES string of the molecule is NC(=O)C1(C(=O)O)C=CCC1O. The quantitative estimate of drug-likeness (QED) is 0.361. The van der Waals surface area contributed by atoms with Gasteiger partial charge in [0.1, 0.15) is 0 Å². The average Bonchev–Trinajstić information content (AvgIpc) is 2.31. The number of carbonyl (C=O) groups is 2. The first kappa shape index (κ1) is 8.73. The summed E-state index contributed by atoms with van der Waals surface area (Å²) in [5.41, 5.74) is 2.98. The number of carbonyl (C=O) groups excluding carboxylic acids is 1. The van der Waals surface area contributed by atoms with Crippen LogP contribution >= 0.6 is 0 Å². The number of aliphatic hydroxyl groups excluding tert-OH is 1. The molecule has 2 unspecified atom stereocenters. The van der Waals surface area contributed by atoms with Crippen molar-refractivity contribution in [1.82, 2.24) is 0 Å². The lowest BCUT2D eigenvalue weighted by Gasteiger charge is -2.22. The van der Waals surface area contributed by atoms with E-state index >= 15 is 0 Å². The van der Waals surface area contributed by atoms with Gasteiger partial charge in [-0.3, -0.25) is 9.59 Å². The van der Waals surface area contributed by atoms with Crippen molar-refractivity contribution in [3.05, 3.63) is 12.2 Å². The van der Waals surface area contributed by atoms with E-state index in [2.05, 4.69) is 0 Å². The van der Waals surface area contributed by atoms with Gasteiger partial charge in [-0.1, -0.05) is 12.2 Å². The van der Waals surface area contributed by atoms with Crippen LogP contribution in [0, 0.1) is 5.41 Å². The molecule has 1 amide bonds. The van der Waals surface area contributed by atoms with E-state index in [1.54, 1.807) is 0 Å². The van der Waals surface area contributed by atoms with E-state index in [1.165, 1.54) is 6.08 Å². The fourth-order valence-corrected chi connectivity index (χ4v) is 1.25. The topological polar surface area (TPSA) is 101 Å². The van der Waals surface area contributed by atoms with Gasteiger partial charge in [0.15, 0.2) is 5.41 Å². The molecule has 1 aliphatic rings. The van der Waals surface area contributed by atoms with Crippen molar-refractivity contribution in [2.75, 3.05) is 0 Å². The molecule has 12 heavy (non-hydrogen) atoms. The predicted octanol–water partition coefficient (Wildman–Crippen LogP) is -1.14. The molecule has 0 fully saturated rings. The molecule has 4 N–H and O–H groups in total. The van der Waals surface area contributed by atoms with Crippen LogP contribution in [0.3, 0.4) is 0 Å². The lowest BCUT2D eigenvalue weighted by molar-refractivity contribution is -0.156. The fourth-order valence-electron chi connectivity index (χ4n) is 1.25. The molecular weight excluding hydrogens is 162 g/mol. The van der Waals surface area contributed by atoms with Gasteiger partial charge in [-0.25, -0.2) is 0 Å². The molecular formula is C7H9NO4. The summed E-state index contributed by atoms with van der Waals surface area (Å²) < 4.78 is 0. The zero-order valence-electron chi connectivity index (χ0n) is 6.23. The zero-order chi connectivity index (χ0) is 9.35. The van der Waals surface area contributed by atoms with Gasteiger partial charge in [-0.2, -0.15) is 0 Å². The van der Waals surface area contributed by atoms with Crippen LogP contribution in [0.4, 0.5) is 0 Å². The Morgan fingerprint density at radius 2 is 2.17 bits per heavy atom. The fraction of sp³-hybridized carbons (Fsp3) is 0.429. The lowest BCUT2D eigenvalue weighted by atomic mass is 9.84. The third-order valence-corrected chi connectivity index (χ3v) is 2.03. The van der Waals surface area contributed by atoms with E-state index in [0.717, 1.165) is 6.08 Å². The monoisotopic (exact) mass is 171 g/mol. The van der Waals surface area contributed by atoms with Crippen molar-refractivity contribution in [2.45, 2.75) is 12.5 Å². The maximum atomic E-state index is 10.8. The number of nitrogens with two attached hydrogens (primary N) is 1. The second-order valence-corrected chi connectivity index (χ2v) is 2.69. The van der Waals surface area contributed by atoms with Gasteiger partial charge in [0.05, 0.1) is 6.10 Å². The molecule has 0 aromatic carbocycles. The Morgan fingerprint density at radius 1 is 1.58 bits per heavy atom. The summed E-state index contributed by atoms with van der Waals surface area (Å²) in [6.45, 7) is 0. The molecule has 0 bridgehead atoms. The third kappa shape index (κ3) is 0.902. The minimum absolute atomic E-state index is 0.148. The van der Waals surface area contributed by atoms with Crippen LogP contribution in [0.15, 0.2) is 12.2 Å². The smallest absolute Gasteiger partial charge is 0.325 e. The Morgan fingerprint density at radius 3 is 2.33 bits per heavy atom. The standard InChI is InChI=1S/C7H9NO4/c8-5(10)7(6(11)12)3-1-2-4(7)9/h1,3-4,9H,2H2,(H2,8,10)(H,11,12). The van der Waals surface area contributed by atoms with E-state index in [0.29, 0.717) is 0 Å². The van der Waals surface area contributed by atoms with Crippen molar-refractivity contribution in [3.63, 3.8) is 0 Å². The lowest BCUT2D eigenvalue weighted by Crippen LogP contribution is -2.48. The van der Waals surface area contributed by atoms with Crippen LogP contribution < -0.4 is 5.73 Å². The number of rotatable bonds is 2. The van der Waals surface area contributed by atoms with E-state index in [9.17, 15) is 14.7 Å². The second-order valence-electron chi connectivity index (χ2n) is 2.69. The van der Waals surface area contributed by atoms with Crippen molar-refractivity contribution in [3.8, 4) is 0 Å². The normalized spacial score (nSPS) is 33.6. The minimum Gasteiger partial charge on any atom is -0.480 e. The molecule has 0 aliphatic heterocycles. The van der Waals surface area contributed by atoms with Crippen LogP contribution in [-0.2, 0) is 9.59 Å². The van der Waals surface area contributed by atoms with Crippen molar-refractivity contribution >= 4 is 11.9 Å². The Labute approximate surface area is 68.5 Å². The molecule has 2 atom stereocenters. The first-order valence-electron chi connectivity index (χ1n) is 3.41. The highest BCUT2D eigenvalue weighted by Crippen LogP contribution is 2.32. The molecule has 0 saturated heterocycles. The van der Waals surface area contributed by atoms with Crippen LogP contribution in [0.25, 0.3) is 0 Å². The Kier molecular flexibility index (Phi) is 1.89. The molecule has 1 aliphatic carbocycles. The summed E-state index contributed by atoms with van der Waals surface area (Å²) >= 11 is 0. The van der Waals surface area contributed by atoms with Crippen molar-refractivity contribution in [2.24, 2.45) is 11.1 Å². The maximum Gasteiger partial charge on any atom is 0.325 e. The van der Waals surface area contributed by atoms with Gasteiger partial charge < -0.3 is 15.9 Å². The number of primary amides is 1. The summed E-state index contributed by atoms with van der Waals surface area (Å²) in [6.07, 6.45) is 1.48. The summed E-state index contributed by atoms with van der Waals surface area (Å²) in [6, 6.07) is 0. The molecule has 0 heterocycles. The average molecular weight is 171 g/mol. The number of hydrogen-bond acceptors (Lipinski definition) is 3. The van der Waals surface area contributed by atoms with Gasteiger partial charge in [0.2, 0.25) is 5.91 Å². The predicted molar refractivity (Wildman–Crippen MR) is 39.0 cm³/mol. The largest absolute Gasteiger partial charge is 0.480 e. The van der Waals surface area contributed by atoms with Gasteiger partial charge in [-0.15, -0.1) is 0 Å². The van der Waals surface area contributed by atoms with E-state index < -0.39 is 23.4 Å². The molecule has 5 heteroatoms. The number of carboxylic acids is 1. The van der Waals surface area contributed by atoms with Crippen molar-refractivity contribution < 1.29 is 19.8 Å². The molecule has 1 rings (SSSR count). The molecule has 0 spiro atoms. The van der Waals surface area contributed by atoms with Crippen molar-refractivity contribution in [1.29, 1.82) is 0 Å². The summed E-state index contributed by atoms with van der Waals surface area (Å²) in [5.74, 6) is -2.44. The van der Waals surface area contributed by atoms with Gasteiger partial charge in [-0.05, 0) is 6.42 Å². The van der Waals surface area contributed by atoms with Crippen LogP contribution in [-0.4, -0.2) is 28.2 Å². The van der Waals surface area contributed by atoms with Gasteiger partial charge >= 0.3 is 5.97 Å². The first-order chi connectivity index (χ1) is 5.51. The molecule has 0 radical (unpaired) electrons. The Bertz CT molecular complexity index is 244. The number of aliphatic hydroxyl groups is 1. The highest BCUT2D eigenvalue weighted by molar-refractivity contribution is 6.04. The van der Waals surface area contributed by atoms with Crippen LogP contribution in [0.5, 0.6) is 0 Å². The van der Waals surface area contributed by atoms with Gasteiger partial charge in [0, 0.05) is 0 Å². The molecule has 5 nitrogen and oxygen atoms in total. The first-order valence-corrected chi connectivity index (χ1v) is 3.41. The molecule has 0 aromatic heterocycles. The van der Waals surface area contributed by atoms with E-state index in [4.69, 9.17) is 10.8 Å². The van der Waals surface area contributed by atoms with Crippen LogP contribution in [0.1, 0.15) is 6.42 Å².